The van der Waals surface area contributed by atoms with E-state index in [1.807, 2.05) is 30.3 Å². The van der Waals surface area contributed by atoms with E-state index in [2.05, 4.69) is 15.6 Å². The number of anilines is 1. The first-order valence-corrected chi connectivity index (χ1v) is 7.93. The van der Waals surface area contributed by atoms with E-state index >= 15 is 0 Å². The maximum atomic E-state index is 12.3. The molecule has 0 fully saturated rings. The summed E-state index contributed by atoms with van der Waals surface area (Å²) in [5.41, 5.74) is 0.636. The highest BCUT2D eigenvalue weighted by molar-refractivity contribution is 6.03. The average Bonchev–Trinajstić information content (AvgIpc) is 3.23. The highest BCUT2D eigenvalue weighted by Gasteiger charge is 2.19. The lowest BCUT2D eigenvalue weighted by molar-refractivity contribution is 0.0514. The van der Waals surface area contributed by atoms with E-state index in [4.69, 9.17) is 9.26 Å². The fraction of sp³-hybridized carbons (Fsp3) is 0.222. The van der Waals surface area contributed by atoms with Crippen LogP contribution in [0.25, 0.3) is 11.3 Å². The van der Waals surface area contributed by atoms with E-state index < -0.39 is 17.6 Å². The first-order chi connectivity index (χ1) is 12.3. The molecule has 0 bridgehead atoms. The molecule has 0 radical (unpaired) electrons. The zero-order chi connectivity index (χ0) is 18.7. The van der Waals surface area contributed by atoms with Crippen molar-refractivity contribution in [2.75, 3.05) is 5.32 Å². The summed E-state index contributed by atoms with van der Waals surface area (Å²) in [5, 5.41) is 10.3. The number of nitrogens with zero attached hydrogens (tertiary/aromatic N) is 3. The Labute approximate surface area is 149 Å². The second-order valence-corrected chi connectivity index (χ2v) is 6.55. The minimum atomic E-state index is -0.638. The molecule has 0 atom stereocenters. The van der Waals surface area contributed by atoms with Crippen molar-refractivity contribution in [3.8, 4) is 11.3 Å². The van der Waals surface area contributed by atoms with E-state index in [-0.39, 0.29) is 5.69 Å². The lowest BCUT2D eigenvalue weighted by Gasteiger charge is -2.18. The zero-order valence-corrected chi connectivity index (χ0v) is 14.6. The van der Waals surface area contributed by atoms with Gasteiger partial charge in [0.1, 0.15) is 5.60 Å². The summed E-state index contributed by atoms with van der Waals surface area (Å²) in [5.74, 6) is 0.0138. The van der Waals surface area contributed by atoms with E-state index in [0.717, 1.165) is 10.2 Å². The summed E-state index contributed by atoms with van der Waals surface area (Å²) in [7, 11) is 0. The van der Waals surface area contributed by atoms with Crippen molar-refractivity contribution in [1.82, 2.24) is 14.9 Å². The number of benzene rings is 1. The molecule has 3 rings (SSSR count). The summed E-state index contributed by atoms with van der Waals surface area (Å²) in [6.07, 6.45) is 2.08. The third-order valence-corrected chi connectivity index (χ3v) is 3.22. The molecule has 2 aromatic heterocycles. The van der Waals surface area contributed by atoms with Crippen LogP contribution in [0.1, 0.15) is 31.3 Å². The molecule has 0 aliphatic carbocycles. The first-order valence-electron chi connectivity index (χ1n) is 7.93. The molecular weight excluding hydrogens is 336 g/mol. The summed E-state index contributed by atoms with van der Waals surface area (Å²) in [6, 6.07) is 10.9. The fourth-order valence-corrected chi connectivity index (χ4v) is 2.11. The van der Waals surface area contributed by atoms with Gasteiger partial charge in [-0.1, -0.05) is 35.5 Å². The Kier molecular flexibility index (Phi) is 4.57. The maximum absolute atomic E-state index is 12.3. The Morgan fingerprint density at radius 1 is 1.19 bits per heavy atom. The van der Waals surface area contributed by atoms with Gasteiger partial charge in [0, 0.05) is 11.6 Å². The van der Waals surface area contributed by atoms with Crippen molar-refractivity contribution in [2.45, 2.75) is 26.4 Å². The van der Waals surface area contributed by atoms with Crippen LogP contribution in [-0.2, 0) is 4.74 Å². The Bertz CT molecular complexity index is 922. The molecule has 2 heterocycles. The molecule has 1 N–H and O–H groups in total. The van der Waals surface area contributed by atoms with Gasteiger partial charge in [-0.05, 0) is 20.8 Å². The van der Waals surface area contributed by atoms with Crippen LogP contribution in [0.3, 0.4) is 0 Å². The number of rotatable bonds is 3. The predicted octanol–water partition coefficient (Wildman–Crippen LogP) is 3.57. The number of aromatic nitrogens is 3. The third-order valence-electron chi connectivity index (χ3n) is 3.22. The van der Waals surface area contributed by atoms with Gasteiger partial charge in [-0.2, -0.15) is 9.78 Å². The number of carbonyl (C=O) groups excluding carboxylic acids is 2. The molecule has 1 amide bonds. The van der Waals surface area contributed by atoms with Crippen LogP contribution in [0.2, 0.25) is 0 Å². The number of hydrogen-bond acceptors (Lipinski definition) is 6. The van der Waals surface area contributed by atoms with Crippen molar-refractivity contribution in [1.29, 1.82) is 0 Å². The monoisotopic (exact) mass is 354 g/mol. The minimum absolute atomic E-state index is 0.119. The van der Waals surface area contributed by atoms with Crippen molar-refractivity contribution in [3.63, 3.8) is 0 Å². The van der Waals surface area contributed by atoms with E-state index in [1.165, 1.54) is 12.4 Å². The van der Waals surface area contributed by atoms with Crippen LogP contribution in [0.4, 0.5) is 10.5 Å². The molecule has 8 heteroatoms. The summed E-state index contributed by atoms with van der Waals surface area (Å²) in [6.45, 7) is 5.27. The van der Waals surface area contributed by atoms with Crippen molar-refractivity contribution < 1.29 is 18.8 Å². The molecule has 0 aliphatic rings. The van der Waals surface area contributed by atoms with E-state index in [0.29, 0.717) is 11.4 Å². The standard InChI is InChI=1S/C18H18N4O4/c1-18(2,3)25-17(24)22-11-13(10-19-22)20-16(23)14-9-15(26-21-14)12-7-5-4-6-8-12/h4-11H,1-3H3,(H,20,23). The second-order valence-electron chi connectivity index (χ2n) is 6.55. The van der Waals surface area contributed by atoms with Gasteiger partial charge in [-0.3, -0.25) is 4.79 Å². The predicted molar refractivity (Wildman–Crippen MR) is 93.8 cm³/mol. The lowest BCUT2D eigenvalue weighted by Crippen LogP contribution is -2.27. The van der Waals surface area contributed by atoms with Gasteiger partial charge in [0.2, 0.25) is 0 Å². The molecule has 0 unspecified atom stereocenters. The van der Waals surface area contributed by atoms with Gasteiger partial charge < -0.3 is 14.6 Å². The molecule has 0 saturated carbocycles. The summed E-state index contributed by atoms with van der Waals surface area (Å²) < 4.78 is 11.4. The Morgan fingerprint density at radius 3 is 2.62 bits per heavy atom. The number of hydrogen-bond donors (Lipinski definition) is 1. The number of ether oxygens (including phenoxy) is 1. The average molecular weight is 354 g/mol. The van der Waals surface area contributed by atoms with Crippen molar-refractivity contribution in [3.05, 3.63) is 54.5 Å². The second kappa shape index (κ2) is 6.83. The van der Waals surface area contributed by atoms with Crippen LogP contribution in [0, 0.1) is 0 Å². The lowest BCUT2D eigenvalue weighted by atomic mass is 10.1. The Hall–Kier alpha value is -3.42. The summed E-state index contributed by atoms with van der Waals surface area (Å²) >= 11 is 0. The van der Waals surface area contributed by atoms with Crippen LogP contribution in [0.5, 0.6) is 0 Å². The van der Waals surface area contributed by atoms with E-state index in [9.17, 15) is 9.59 Å². The highest BCUT2D eigenvalue weighted by atomic mass is 16.6. The number of amides is 1. The highest BCUT2D eigenvalue weighted by Crippen LogP contribution is 2.20. The van der Waals surface area contributed by atoms with Gasteiger partial charge in [0.25, 0.3) is 5.91 Å². The molecule has 0 aliphatic heterocycles. The maximum Gasteiger partial charge on any atom is 0.435 e. The normalized spacial score (nSPS) is 11.2. The van der Waals surface area contributed by atoms with Crippen molar-refractivity contribution >= 4 is 17.7 Å². The molecule has 0 spiro atoms. The van der Waals surface area contributed by atoms with Gasteiger partial charge in [0.05, 0.1) is 18.1 Å². The molecule has 0 saturated heterocycles. The van der Waals surface area contributed by atoms with Crippen LogP contribution < -0.4 is 5.32 Å². The third kappa shape index (κ3) is 4.15. The van der Waals surface area contributed by atoms with Gasteiger partial charge >= 0.3 is 6.09 Å². The zero-order valence-electron chi connectivity index (χ0n) is 14.6. The van der Waals surface area contributed by atoms with Gasteiger partial charge in [0.15, 0.2) is 11.5 Å². The summed E-state index contributed by atoms with van der Waals surface area (Å²) in [4.78, 5) is 24.2. The Balaban J connectivity index is 1.68. The molecule has 3 aromatic rings. The molecule has 26 heavy (non-hydrogen) atoms. The van der Waals surface area contributed by atoms with Gasteiger partial charge in [-0.25, -0.2) is 4.79 Å². The minimum Gasteiger partial charge on any atom is -0.442 e. The SMILES string of the molecule is CC(C)(C)OC(=O)n1cc(NC(=O)c2cc(-c3ccccc3)on2)cn1. The van der Waals surface area contributed by atoms with E-state index in [1.54, 1.807) is 26.8 Å². The first kappa shape index (κ1) is 17.4. The topological polar surface area (TPSA) is 99.2 Å². The molecular formula is C18H18N4O4. The van der Waals surface area contributed by atoms with Crippen molar-refractivity contribution in [2.24, 2.45) is 0 Å². The fourth-order valence-electron chi connectivity index (χ4n) is 2.11. The molecule has 8 nitrogen and oxygen atoms in total. The van der Waals surface area contributed by atoms with Crippen LogP contribution >= 0.6 is 0 Å². The van der Waals surface area contributed by atoms with Crippen LogP contribution in [0.15, 0.2) is 53.3 Å². The van der Waals surface area contributed by atoms with Gasteiger partial charge in [-0.15, -0.1) is 0 Å². The van der Waals surface area contributed by atoms with Crippen LogP contribution in [-0.4, -0.2) is 32.5 Å². The Morgan fingerprint density at radius 2 is 1.92 bits per heavy atom. The smallest absolute Gasteiger partial charge is 0.435 e. The quantitative estimate of drug-likeness (QED) is 0.772. The number of nitrogens with one attached hydrogen (secondary N) is 1. The largest absolute Gasteiger partial charge is 0.442 e. The molecule has 1 aromatic carbocycles. The molecule has 134 valence electrons. The number of carbonyl (C=O) groups is 2.